The number of hydrogen-bond donors (Lipinski definition) is 1. The fourth-order valence-electron chi connectivity index (χ4n) is 2.26. The summed E-state index contributed by atoms with van der Waals surface area (Å²) in [5, 5.41) is 3.41. The van der Waals surface area contributed by atoms with Gasteiger partial charge in [-0.05, 0) is 0 Å². The van der Waals surface area contributed by atoms with E-state index in [2.05, 4.69) is 10.2 Å². The molecule has 1 N–H and O–H groups in total. The summed E-state index contributed by atoms with van der Waals surface area (Å²) in [6, 6.07) is 0. The summed E-state index contributed by atoms with van der Waals surface area (Å²) < 4.78 is 3.34. The predicted octanol–water partition coefficient (Wildman–Crippen LogP) is 0.842. The molecule has 2 aliphatic heterocycles. The maximum absolute atomic E-state index is 3.41. The first-order chi connectivity index (χ1) is 6.45. The van der Waals surface area contributed by atoms with Crippen LogP contribution in [0, 0.1) is 5.92 Å². The number of nitrogens with one attached hydrogen (secondary N) is 1. The van der Waals surface area contributed by atoms with Gasteiger partial charge in [0, 0.05) is 0 Å². The van der Waals surface area contributed by atoms with Gasteiger partial charge in [0.2, 0.25) is 0 Å². The molecule has 1 unspecified atom stereocenters. The molecular weight excluding hydrogens is 267 g/mol. The standard InChI is InChI=1S/C10H20N2.Sn/c1-3-10(2)4-7-12-8-5-11-6-9-12;/h10-11H,1-9H2;/q;+1. The van der Waals surface area contributed by atoms with Crippen molar-refractivity contribution in [3.63, 3.8) is 0 Å². The number of nitrogens with zero attached hydrogens (tertiary/aromatic N) is 1. The minimum absolute atomic E-state index is 0.175. The van der Waals surface area contributed by atoms with Crippen LogP contribution < -0.4 is 5.32 Å². The summed E-state index contributed by atoms with van der Waals surface area (Å²) in [7, 11) is 0. The van der Waals surface area contributed by atoms with Crippen LogP contribution in [0.3, 0.4) is 0 Å². The van der Waals surface area contributed by atoms with Gasteiger partial charge in [0.25, 0.3) is 0 Å². The van der Waals surface area contributed by atoms with Gasteiger partial charge in [-0.25, -0.2) is 0 Å². The molecule has 2 aliphatic rings. The second-order valence-corrected chi connectivity index (χ2v) is 8.26. The molecule has 1 atom stereocenters. The van der Waals surface area contributed by atoms with Crippen LogP contribution >= 0.6 is 0 Å². The van der Waals surface area contributed by atoms with Crippen molar-refractivity contribution in [1.29, 1.82) is 0 Å². The van der Waals surface area contributed by atoms with Crippen molar-refractivity contribution in [2.75, 3.05) is 32.7 Å². The molecule has 0 aromatic heterocycles. The van der Waals surface area contributed by atoms with Gasteiger partial charge in [-0.15, -0.1) is 0 Å². The van der Waals surface area contributed by atoms with Crippen molar-refractivity contribution < 1.29 is 0 Å². The molecule has 0 amide bonds. The SMILES string of the molecule is C1CN(CCC2C[CH2][Sn+][CH2]2)CCN1. The van der Waals surface area contributed by atoms with Gasteiger partial charge in [0.05, 0.1) is 0 Å². The molecule has 2 nitrogen and oxygen atoms in total. The molecular formula is C10H20N2Sn+. The van der Waals surface area contributed by atoms with E-state index in [1.54, 1.807) is 15.3 Å². The van der Waals surface area contributed by atoms with E-state index in [4.69, 9.17) is 0 Å². The van der Waals surface area contributed by atoms with E-state index >= 15 is 0 Å². The Labute approximate surface area is 91.7 Å². The Balaban J connectivity index is 1.60. The third-order valence-corrected chi connectivity index (χ3v) is 7.53. The van der Waals surface area contributed by atoms with Gasteiger partial charge in [-0.2, -0.15) is 0 Å². The van der Waals surface area contributed by atoms with Gasteiger partial charge < -0.3 is 0 Å². The zero-order valence-electron chi connectivity index (χ0n) is 8.39. The number of hydrogen-bond acceptors (Lipinski definition) is 2. The van der Waals surface area contributed by atoms with E-state index in [1.165, 1.54) is 39.1 Å². The topological polar surface area (TPSA) is 15.3 Å². The Bertz CT molecular complexity index is 140. The molecule has 2 rings (SSSR count). The average Bonchev–Trinajstić information content (AvgIpc) is 2.69. The summed E-state index contributed by atoms with van der Waals surface area (Å²) >= 11 is 0.175. The van der Waals surface area contributed by atoms with Crippen molar-refractivity contribution >= 4 is 21.1 Å². The first-order valence-electron chi connectivity index (χ1n) is 5.59. The molecule has 73 valence electrons. The van der Waals surface area contributed by atoms with Crippen LogP contribution in [-0.2, 0) is 0 Å². The van der Waals surface area contributed by atoms with Crippen molar-refractivity contribution in [3.05, 3.63) is 0 Å². The summed E-state index contributed by atoms with van der Waals surface area (Å²) in [5.74, 6) is 1.14. The van der Waals surface area contributed by atoms with E-state index in [0.717, 1.165) is 5.92 Å². The third-order valence-electron chi connectivity index (χ3n) is 3.23. The molecule has 0 saturated carbocycles. The van der Waals surface area contributed by atoms with Gasteiger partial charge in [0.1, 0.15) is 0 Å². The predicted molar refractivity (Wildman–Crippen MR) is 57.4 cm³/mol. The molecule has 13 heavy (non-hydrogen) atoms. The second-order valence-electron chi connectivity index (χ2n) is 4.24. The number of rotatable bonds is 3. The van der Waals surface area contributed by atoms with Crippen molar-refractivity contribution in [3.8, 4) is 0 Å². The molecule has 0 aliphatic carbocycles. The molecule has 0 aromatic rings. The van der Waals surface area contributed by atoms with Crippen LogP contribution in [0.15, 0.2) is 0 Å². The van der Waals surface area contributed by atoms with E-state index in [-0.39, 0.29) is 21.1 Å². The average molecular weight is 287 g/mol. The summed E-state index contributed by atoms with van der Waals surface area (Å²) in [6.07, 6.45) is 3.08. The maximum atomic E-state index is 3.41. The van der Waals surface area contributed by atoms with Crippen molar-refractivity contribution in [2.24, 2.45) is 5.92 Å². The summed E-state index contributed by atoms with van der Waals surface area (Å²) in [6.45, 7) is 6.37. The van der Waals surface area contributed by atoms with Crippen LogP contribution in [0.1, 0.15) is 12.8 Å². The zero-order valence-corrected chi connectivity index (χ0v) is 11.2. The van der Waals surface area contributed by atoms with E-state index in [1.807, 2.05) is 0 Å². The Kier molecular flexibility index (Phi) is 4.38. The molecule has 0 aromatic carbocycles. The second kappa shape index (κ2) is 5.56. The normalized spacial score (nSPS) is 30.3. The van der Waals surface area contributed by atoms with E-state index in [0.29, 0.717) is 0 Å². The third kappa shape index (κ3) is 3.40. The van der Waals surface area contributed by atoms with E-state index < -0.39 is 0 Å². The Hall–Kier alpha value is 0.719. The van der Waals surface area contributed by atoms with Crippen LogP contribution in [-0.4, -0.2) is 58.8 Å². The van der Waals surface area contributed by atoms with Crippen molar-refractivity contribution in [2.45, 2.75) is 21.7 Å². The van der Waals surface area contributed by atoms with Gasteiger partial charge in [-0.3, -0.25) is 0 Å². The molecule has 2 fully saturated rings. The van der Waals surface area contributed by atoms with Gasteiger partial charge in [-0.1, -0.05) is 0 Å². The molecule has 0 bridgehead atoms. The van der Waals surface area contributed by atoms with Gasteiger partial charge in [0.15, 0.2) is 0 Å². The molecule has 0 spiro atoms. The van der Waals surface area contributed by atoms with Crippen LogP contribution in [0.4, 0.5) is 0 Å². The Morgan fingerprint density at radius 1 is 1.31 bits per heavy atom. The molecule has 3 heteroatoms. The molecule has 2 heterocycles. The van der Waals surface area contributed by atoms with Crippen LogP contribution in [0.5, 0.6) is 0 Å². The van der Waals surface area contributed by atoms with Crippen molar-refractivity contribution in [1.82, 2.24) is 10.2 Å². The molecule has 2 saturated heterocycles. The van der Waals surface area contributed by atoms with Gasteiger partial charge >= 0.3 is 91.7 Å². The summed E-state index contributed by atoms with van der Waals surface area (Å²) in [4.78, 5) is 2.64. The monoisotopic (exact) mass is 288 g/mol. The first kappa shape index (κ1) is 10.2. The Morgan fingerprint density at radius 2 is 2.15 bits per heavy atom. The minimum atomic E-state index is 0.175. The summed E-state index contributed by atoms with van der Waals surface area (Å²) in [5.41, 5.74) is 0. The quantitative estimate of drug-likeness (QED) is 0.774. The first-order valence-corrected chi connectivity index (χ1v) is 9.62. The van der Waals surface area contributed by atoms with E-state index in [9.17, 15) is 0 Å². The fraction of sp³-hybridized carbons (Fsp3) is 1.00. The fourth-order valence-corrected chi connectivity index (χ4v) is 6.92. The Morgan fingerprint density at radius 3 is 2.85 bits per heavy atom. The number of piperazine rings is 1. The van der Waals surface area contributed by atoms with Crippen LogP contribution in [0.2, 0.25) is 8.87 Å². The zero-order chi connectivity index (χ0) is 8.93. The molecule has 1 radical (unpaired) electrons. The van der Waals surface area contributed by atoms with Crippen LogP contribution in [0.25, 0.3) is 0 Å².